The number of aliphatic hydroxyl groups is 1. The molecule has 0 aliphatic rings. The molecule has 2 N–H and O–H groups in total. The maximum atomic E-state index is 8.70. The zero-order chi connectivity index (χ0) is 8.39. The van der Waals surface area contributed by atoms with Crippen molar-refractivity contribution in [3.05, 3.63) is 30.1 Å². The van der Waals surface area contributed by atoms with Crippen molar-refractivity contribution in [2.24, 2.45) is 0 Å². The third-order valence-electron chi connectivity index (χ3n) is 1.83. The summed E-state index contributed by atoms with van der Waals surface area (Å²) in [5.74, 6) is 0. The van der Waals surface area contributed by atoms with Gasteiger partial charge in [0.15, 0.2) is 0 Å². The molecule has 0 bridgehead atoms. The molecule has 0 spiro atoms. The molecule has 0 fully saturated rings. The topological polar surface area (TPSA) is 48.9 Å². The maximum Gasteiger partial charge on any atom is 0.137 e. The Morgan fingerprint density at radius 3 is 3.17 bits per heavy atom. The van der Waals surface area contributed by atoms with Crippen molar-refractivity contribution in [1.82, 2.24) is 9.97 Å². The first kappa shape index (κ1) is 7.31. The van der Waals surface area contributed by atoms with Gasteiger partial charge in [0.05, 0.1) is 0 Å². The van der Waals surface area contributed by atoms with E-state index in [4.69, 9.17) is 5.11 Å². The molecule has 62 valence electrons. The van der Waals surface area contributed by atoms with Crippen molar-refractivity contribution in [3.8, 4) is 0 Å². The highest BCUT2D eigenvalue weighted by Crippen LogP contribution is 2.11. The average Bonchev–Trinajstić information content (AvgIpc) is 2.47. The lowest BCUT2D eigenvalue weighted by Gasteiger charge is -1.88. The van der Waals surface area contributed by atoms with E-state index >= 15 is 0 Å². The molecule has 2 heterocycles. The van der Waals surface area contributed by atoms with Crippen LogP contribution in [0, 0.1) is 0 Å². The first-order chi connectivity index (χ1) is 5.90. The van der Waals surface area contributed by atoms with Crippen LogP contribution in [0.3, 0.4) is 0 Å². The molecule has 2 rings (SSSR count). The van der Waals surface area contributed by atoms with Gasteiger partial charge < -0.3 is 10.1 Å². The Balaban J connectivity index is 2.47. The summed E-state index contributed by atoms with van der Waals surface area (Å²) in [7, 11) is 0. The molecule has 12 heavy (non-hydrogen) atoms. The third kappa shape index (κ3) is 1.19. The van der Waals surface area contributed by atoms with E-state index in [1.807, 2.05) is 18.2 Å². The van der Waals surface area contributed by atoms with Gasteiger partial charge in [-0.15, -0.1) is 0 Å². The lowest BCUT2D eigenvalue weighted by Crippen LogP contribution is -1.89. The monoisotopic (exact) mass is 162 g/mol. The van der Waals surface area contributed by atoms with E-state index in [0.717, 1.165) is 16.7 Å². The summed E-state index contributed by atoms with van der Waals surface area (Å²) in [6.45, 7) is 0.173. The zero-order valence-corrected chi connectivity index (χ0v) is 6.62. The second kappa shape index (κ2) is 2.95. The van der Waals surface area contributed by atoms with Crippen LogP contribution in [0.25, 0.3) is 11.0 Å². The number of rotatable bonds is 2. The molecule has 0 radical (unpaired) electrons. The van der Waals surface area contributed by atoms with Gasteiger partial charge in [0, 0.05) is 30.3 Å². The number of aromatic nitrogens is 2. The molecule has 0 saturated carbocycles. The molecule has 0 unspecified atom stereocenters. The fourth-order valence-electron chi connectivity index (χ4n) is 1.27. The van der Waals surface area contributed by atoms with E-state index in [0.29, 0.717) is 6.42 Å². The van der Waals surface area contributed by atoms with Crippen molar-refractivity contribution in [3.63, 3.8) is 0 Å². The van der Waals surface area contributed by atoms with Crippen LogP contribution in [0.15, 0.2) is 24.4 Å². The molecule has 0 atom stereocenters. The molecule has 2 aromatic rings. The van der Waals surface area contributed by atoms with Crippen molar-refractivity contribution >= 4 is 11.0 Å². The van der Waals surface area contributed by atoms with Gasteiger partial charge in [0.1, 0.15) is 5.65 Å². The standard InChI is InChI=1S/C9H10N2O/c12-5-3-8-6-7-2-1-4-10-9(7)11-8/h1-2,4,6,12H,3,5H2,(H,10,11). The fraction of sp³-hybridized carbons (Fsp3) is 0.222. The smallest absolute Gasteiger partial charge is 0.137 e. The van der Waals surface area contributed by atoms with Crippen LogP contribution in [0.1, 0.15) is 5.69 Å². The summed E-state index contributed by atoms with van der Waals surface area (Å²) in [5, 5.41) is 9.80. The lowest BCUT2D eigenvalue weighted by atomic mass is 10.3. The fourth-order valence-corrected chi connectivity index (χ4v) is 1.27. The van der Waals surface area contributed by atoms with Gasteiger partial charge in [-0.25, -0.2) is 4.98 Å². The summed E-state index contributed by atoms with van der Waals surface area (Å²) in [4.78, 5) is 7.27. The highest BCUT2D eigenvalue weighted by Gasteiger charge is 1.98. The number of pyridine rings is 1. The predicted molar refractivity (Wildman–Crippen MR) is 46.9 cm³/mol. The minimum absolute atomic E-state index is 0.173. The quantitative estimate of drug-likeness (QED) is 0.694. The molecule has 2 aromatic heterocycles. The highest BCUT2D eigenvalue weighted by atomic mass is 16.3. The summed E-state index contributed by atoms with van der Waals surface area (Å²) in [5.41, 5.74) is 1.92. The van der Waals surface area contributed by atoms with Gasteiger partial charge in [-0.05, 0) is 18.2 Å². The SMILES string of the molecule is OCCc1cc2cccnc2[nH]1. The Labute approximate surface area is 70.1 Å². The van der Waals surface area contributed by atoms with Crippen molar-refractivity contribution in [2.75, 3.05) is 6.61 Å². The van der Waals surface area contributed by atoms with Crippen LogP contribution >= 0.6 is 0 Å². The van der Waals surface area contributed by atoms with Crippen molar-refractivity contribution < 1.29 is 5.11 Å². The molecule has 0 amide bonds. The van der Waals surface area contributed by atoms with E-state index in [9.17, 15) is 0 Å². The Bertz CT molecular complexity index is 348. The molecular weight excluding hydrogens is 152 g/mol. The number of fused-ring (bicyclic) bond motifs is 1. The second-order valence-electron chi connectivity index (χ2n) is 2.71. The Morgan fingerprint density at radius 1 is 1.50 bits per heavy atom. The predicted octanol–water partition coefficient (Wildman–Crippen LogP) is 1.10. The van der Waals surface area contributed by atoms with Crippen LogP contribution in [0.5, 0.6) is 0 Å². The van der Waals surface area contributed by atoms with Gasteiger partial charge in [0.2, 0.25) is 0 Å². The summed E-state index contributed by atoms with van der Waals surface area (Å²) < 4.78 is 0. The van der Waals surface area contributed by atoms with Crippen LogP contribution in [0.2, 0.25) is 0 Å². The van der Waals surface area contributed by atoms with E-state index in [2.05, 4.69) is 9.97 Å². The van der Waals surface area contributed by atoms with Gasteiger partial charge in [-0.1, -0.05) is 0 Å². The first-order valence-corrected chi connectivity index (χ1v) is 3.93. The number of hydrogen-bond donors (Lipinski definition) is 2. The number of nitrogens with zero attached hydrogens (tertiary/aromatic N) is 1. The number of aromatic amines is 1. The summed E-state index contributed by atoms with van der Waals surface area (Å²) in [6.07, 6.45) is 2.41. The zero-order valence-electron chi connectivity index (χ0n) is 6.62. The van der Waals surface area contributed by atoms with Crippen LogP contribution in [-0.4, -0.2) is 21.7 Å². The van der Waals surface area contributed by atoms with E-state index in [1.165, 1.54) is 0 Å². The van der Waals surface area contributed by atoms with Crippen LogP contribution in [0.4, 0.5) is 0 Å². The molecule has 3 nitrogen and oxygen atoms in total. The largest absolute Gasteiger partial charge is 0.396 e. The summed E-state index contributed by atoms with van der Waals surface area (Å²) in [6, 6.07) is 5.91. The minimum Gasteiger partial charge on any atom is -0.396 e. The second-order valence-corrected chi connectivity index (χ2v) is 2.71. The Kier molecular flexibility index (Phi) is 1.80. The minimum atomic E-state index is 0.173. The first-order valence-electron chi connectivity index (χ1n) is 3.93. The molecule has 3 heteroatoms. The molecule has 0 aliphatic heterocycles. The van der Waals surface area contributed by atoms with Crippen molar-refractivity contribution in [1.29, 1.82) is 0 Å². The third-order valence-corrected chi connectivity index (χ3v) is 1.83. The number of H-pyrrole nitrogens is 1. The van der Waals surface area contributed by atoms with Gasteiger partial charge >= 0.3 is 0 Å². The number of aliphatic hydroxyl groups excluding tert-OH is 1. The van der Waals surface area contributed by atoms with Crippen molar-refractivity contribution in [2.45, 2.75) is 6.42 Å². The Morgan fingerprint density at radius 2 is 2.42 bits per heavy atom. The molecule has 0 aliphatic carbocycles. The lowest BCUT2D eigenvalue weighted by molar-refractivity contribution is 0.298. The van der Waals surface area contributed by atoms with E-state index < -0.39 is 0 Å². The van der Waals surface area contributed by atoms with E-state index in [1.54, 1.807) is 6.20 Å². The molecule has 0 aromatic carbocycles. The van der Waals surface area contributed by atoms with Gasteiger partial charge in [-0.3, -0.25) is 0 Å². The normalized spacial score (nSPS) is 10.8. The highest BCUT2D eigenvalue weighted by molar-refractivity contribution is 5.76. The average molecular weight is 162 g/mol. The van der Waals surface area contributed by atoms with E-state index in [-0.39, 0.29) is 6.61 Å². The van der Waals surface area contributed by atoms with Crippen LogP contribution < -0.4 is 0 Å². The maximum absolute atomic E-state index is 8.70. The molecule has 0 saturated heterocycles. The van der Waals surface area contributed by atoms with Crippen LogP contribution in [-0.2, 0) is 6.42 Å². The number of hydrogen-bond acceptors (Lipinski definition) is 2. The summed E-state index contributed by atoms with van der Waals surface area (Å²) >= 11 is 0. The molecular formula is C9H10N2O. The van der Waals surface area contributed by atoms with Gasteiger partial charge in [-0.2, -0.15) is 0 Å². The number of nitrogens with one attached hydrogen (secondary N) is 1. The Hall–Kier alpha value is -1.35. The van der Waals surface area contributed by atoms with Gasteiger partial charge in [0.25, 0.3) is 0 Å².